The van der Waals surface area contributed by atoms with Gasteiger partial charge in [0.2, 0.25) is 0 Å². The summed E-state index contributed by atoms with van der Waals surface area (Å²) in [5, 5.41) is 3.00. The quantitative estimate of drug-likeness (QED) is 0.689. The molecule has 0 aliphatic carbocycles. The first-order valence-electron chi connectivity index (χ1n) is 9.59. The van der Waals surface area contributed by atoms with E-state index >= 15 is 0 Å². The van der Waals surface area contributed by atoms with Crippen LogP contribution in [0.3, 0.4) is 0 Å². The van der Waals surface area contributed by atoms with Crippen molar-refractivity contribution in [3.8, 4) is 5.75 Å². The Labute approximate surface area is 165 Å². The van der Waals surface area contributed by atoms with Crippen LogP contribution in [0.5, 0.6) is 5.75 Å². The lowest BCUT2D eigenvalue weighted by Crippen LogP contribution is -2.23. The fraction of sp³-hybridized carbons (Fsp3) is 0.208. The van der Waals surface area contributed by atoms with E-state index in [9.17, 15) is 4.79 Å². The van der Waals surface area contributed by atoms with E-state index in [4.69, 9.17) is 4.74 Å². The van der Waals surface area contributed by atoms with Crippen molar-refractivity contribution in [3.05, 3.63) is 89.5 Å². The zero-order valence-corrected chi connectivity index (χ0v) is 16.0. The maximum Gasteiger partial charge on any atom is 0.262 e. The zero-order valence-electron chi connectivity index (χ0n) is 16.0. The second kappa shape index (κ2) is 8.17. The average molecular weight is 372 g/mol. The number of hydrogen-bond donors (Lipinski definition) is 1. The molecule has 0 saturated carbocycles. The minimum atomic E-state index is -0.157. The number of hydrogen-bond acceptors (Lipinski definition) is 3. The lowest BCUT2D eigenvalue weighted by molar-refractivity contribution is -0.118. The highest BCUT2D eigenvalue weighted by Crippen LogP contribution is 2.30. The van der Waals surface area contributed by atoms with Crippen molar-refractivity contribution in [2.24, 2.45) is 0 Å². The highest BCUT2D eigenvalue weighted by atomic mass is 16.5. The van der Waals surface area contributed by atoms with E-state index in [1.807, 2.05) is 49.4 Å². The van der Waals surface area contributed by atoms with E-state index in [-0.39, 0.29) is 12.5 Å². The zero-order chi connectivity index (χ0) is 19.3. The van der Waals surface area contributed by atoms with Crippen LogP contribution in [0.15, 0.2) is 72.8 Å². The molecular weight excluding hydrogens is 348 g/mol. The number of nitrogens with one attached hydrogen (secondary N) is 1. The van der Waals surface area contributed by atoms with Crippen LogP contribution in [0.25, 0.3) is 0 Å². The number of fused-ring (bicyclic) bond motifs is 1. The summed E-state index contributed by atoms with van der Waals surface area (Å²) >= 11 is 0. The van der Waals surface area contributed by atoms with Crippen LogP contribution in [0.4, 0.5) is 11.4 Å². The molecule has 0 fully saturated rings. The number of ether oxygens (including phenoxy) is 1. The number of para-hydroxylation sites is 2. The van der Waals surface area contributed by atoms with Crippen LogP contribution in [0, 0.1) is 6.92 Å². The first kappa shape index (κ1) is 18.1. The number of nitrogens with zero attached hydrogens (tertiary/aromatic N) is 1. The van der Waals surface area contributed by atoms with Gasteiger partial charge in [-0.15, -0.1) is 0 Å². The predicted molar refractivity (Wildman–Crippen MR) is 113 cm³/mol. The summed E-state index contributed by atoms with van der Waals surface area (Å²) in [6.07, 6.45) is 1.06. The van der Waals surface area contributed by atoms with Gasteiger partial charge in [-0.2, -0.15) is 0 Å². The molecule has 28 heavy (non-hydrogen) atoms. The molecular formula is C24H24N2O2. The van der Waals surface area contributed by atoms with Crippen LogP contribution in [0.2, 0.25) is 0 Å². The van der Waals surface area contributed by atoms with Gasteiger partial charge >= 0.3 is 0 Å². The third-order valence-corrected chi connectivity index (χ3v) is 5.00. The van der Waals surface area contributed by atoms with Gasteiger partial charge in [0.25, 0.3) is 5.91 Å². The summed E-state index contributed by atoms with van der Waals surface area (Å²) in [5.41, 5.74) is 5.71. The van der Waals surface area contributed by atoms with Crippen LogP contribution in [-0.4, -0.2) is 19.1 Å². The fourth-order valence-electron chi connectivity index (χ4n) is 3.60. The Bertz CT molecular complexity index is 984. The third kappa shape index (κ3) is 4.17. The standard InChI is InChI=1S/C24H24N2O2/c1-18-7-6-10-21(15-18)28-17-24(27)25-22-11-4-2-9-20(22)16-26-14-13-19-8-3-5-12-23(19)26/h2-12,15H,13-14,16-17H2,1H3,(H,25,27). The first-order chi connectivity index (χ1) is 13.7. The van der Waals surface area contributed by atoms with E-state index in [0.29, 0.717) is 5.75 Å². The highest BCUT2D eigenvalue weighted by molar-refractivity contribution is 5.92. The first-order valence-corrected chi connectivity index (χ1v) is 9.59. The summed E-state index contributed by atoms with van der Waals surface area (Å²) in [4.78, 5) is 14.8. The molecule has 0 radical (unpaired) electrons. The number of carbonyl (C=O) groups is 1. The van der Waals surface area contributed by atoms with E-state index in [0.717, 1.165) is 36.3 Å². The minimum Gasteiger partial charge on any atom is -0.484 e. The van der Waals surface area contributed by atoms with Gasteiger partial charge in [0, 0.05) is 24.5 Å². The summed E-state index contributed by atoms with van der Waals surface area (Å²) < 4.78 is 5.62. The Balaban J connectivity index is 1.41. The number of amides is 1. The van der Waals surface area contributed by atoms with Gasteiger partial charge in [0.15, 0.2) is 6.61 Å². The molecule has 0 unspecified atom stereocenters. The molecule has 4 rings (SSSR count). The second-order valence-electron chi connectivity index (χ2n) is 7.11. The van der Waals surface area contributed by atoms with Crippen molar-refractivity contribution in [1.82, 2.24) is 0 Å². The maximum absolute atomic E-state index is 12.4. The van der Waals surface area contributed by atoms with Crippen molar-refractivity contribution in [2.75, 3.05) is 23.4 Å². The smallest absolute Gasteiger partial charge is 0.262 e. The number of carbonyl (C=O) groups excluding carboxylic acids is 1. The van der Waals surface area contributed by atoms with E-state index < -0.39 is 0 Å². The number of rotatable bonds is 6. The molecule has 1 aliphatic rings. The molecule has 0 bridgehead atoms. The molecule has 4 nitrogen and oxygen atoms in total. The Hall–Kier alpha value is -3.27. The third-order valence-electron chi connectivity index (χ3n) is 5.00. The van der Waals surface area contributed by atoms with Gasteiger partial charge in [0.05, 0.1) is 0 Å². The predicted octanol–water partition coefficient (Wildman–Crippen LogP) is 4.58. The van der Waals surface area contributed by atoms with Crippen molar-refractivity contribution in [1.29, 1.82) is 0 Å². The molecule has 0 aromatic heterocycles. The van der Waals surface area contributed by atoms with Crippen molar-refractivity contribution in [2.45, 2.75) is 19.9 Å². The molecule has 0 spiro atoms. The van der Waals surface area contributed by atoms with E-state index in [1.165, 1.54) is 11.3 Å². The van der Waals surface area contributed by atoms with E-state index in [1.54, 1.807) is 0 Å². The molecule has 1 N–H and O–H groups in total. The van der Waals surface area contributed by atoms with Crippen LogP contribution in [-0.2, 0) is 17.8 Å². The SMILES string of the molecule is Cc1cccc(OCC(=O)Nc2ccccc2CN2CCc3ccccc32)c1. The van der Waals surface area contributed by atoms with Crippen LogP contribution < -0.4 is 15.0 Å². The molecule has 0 atom stereocenters. The minimum absolute atomic E-state index is 0.00959. The largest absolute Gasteiger partial charge is 0.484 e. The molecule has 1 heterocycles. The fourth-order valence-corrected chi connectivity index (χ4v) is 3.60. The summed E-state index contributed by atoms with van der Waals surface area (Å²) in [5.74, 6) is 0.549. The van der Waals surface area contributed by atoms with Gasteiger partial charge in [-0.25, -0.2) is 0 Å². The lowest BCUT2D eigenvalue weighted by atomic mass is 10.1. The summed E-state index contributed by atoms with van der Waals surface area (Å²) in [6.45, 7) is 3.76. The van der Waals surface area contributed by atoms with Gasteiger partial charge in [0.1, 0.15) is 5.75 Å². The normalized spacial score (nSPS) is 12.5. The average Bonchev–Trinajstić information content (AvgIpc) is 3.11. The van der Waals surface area contributed by atoms with Crippen LogP contribution in [0.1, 0.15) is 16.7 Å². The van der Waals surface area contributed by atoms with Gasteiger partial charge in [-0.1, -0.05) is 48.5 Å². The Morgan fingerprint density at radius 1 is 1.04 bits per heavy atom. The molecule has 3 aromatic rings. The number of anilines is 2. The molecule has 1 amide bonds. The van der Waals surface area contributed by atoms with Gasteiger partial charge in [-0.3, -0.25) is 4.79 Å². The monoisotopic (exact) mass is 372 g/mol. The summed E-state index contributed by atoms with van der Waals surface area (Å²) in [7, 11) is 0. The Morgan fingerprint density at radius 3 is 2.75 bits per heavy atom. The number of aryl methyl sites for hydroxylation is 1. The molecule has 1 aliphatic heterocycles. The molecule has 4 heteroatoms. The topological polar surface area (TPSA) is 41.6 Å². The van der Waals surface area contributed by atoms with Crippen molar-refractivity contribution < 1.29 is 9.53 Å². The van der Waals surface area contributed by atoms with Gasteiger partial charge in [-0.05, 0) is 54.3 Å². The van der Waals surface area contributed by atoms with Gasteiger partial charge < -0.3 is 15.0 Å². The number of benzene rings is 3. The van der Waals surface area contributed by atoms with Crippen LogP contribution >= 0.6 is 0 Å². The van der Waals surface area contributed by atoms with Crippen molar-refractivity contribution in [3.63, 3.8) is 0 Å². The highest BCUT2D eigenvalue weighted by Gasteiger charge is 2.19. The molecule has 142 valence electrons. The summed E-state index contributed by atoms with van der Waals surface area (Å²) in [6, 6.07) is 24.2. The Kier molecular flexibility index (Phi) is 5.29. The lowest BCUT2D eigenvalue weighted by Gasteiger charge is -2.21. The molecule has 0 saturated heterocycles. The van der Waals surface area contributed by atoms with Crippen molar-refractivity contribution >= 4 is 17.3 Å². The second-order valence-corrected chi connectivity index (χ2v) is 7.11. The van der Waals surface area contributed by atoms with E-state index in [2.05, 4.69) is 40.5 Å². The maximum atomic E-state index is 12.4. The molecule has 3 aromatic carbocycles. The Morgan fingerprint density at radius 2 is 1.86 bits per heavy atom.